The molecule has 0 aliphatic rings. The first kappa shape index (κ1) is 20.6. The molecule has 0 fully saturated rings. The Bertz CT molecular complexity index is 947. The van der Waals surface area contributed by atoms with Crippen molar-refractivity contribution in [1.82, 2.24) is 5.32 Å². The highest BCUT2D eigenvalue weighted by atomic mass is 19.1. The number of nitrogens with one attached hydrogen (secondary N) is 1. The number of nitro benzene ring substituents is 1. The van der Waals surface area contributed by atoms with Gasteiger partial charge in [0.25, 0.3) is 5.69 Å². The molecule has 10 heteroatoms. The minimum Gasteiger partial charge on any atom is -0.346 e. The third-order valence-corrected chi connectivity index (χ3v) is 3.91. The summed E-state index contributed by atoms with van der Waals surface area (Å²) < 4.78 is 14.0. The topological polar surface area (TPSA) is 136 Å². The van der Waals surface area contributed by atoms with Gasteiger partial charge in [-0.3, -0.25) is 24.5 Å². The van der Waals surface area contributed by atoms with Gasteiger partial charge in [-0.2, -0.15) is 0 Å². The van der Waals surface area contributed by atoms with Gasteiger partial charge < -0.3 is 16.0 Å². The van der Waals surface area contributed by atoms with Crippen molar-refractivity contribution in [1.29, 1.82) is 0 Å². The molecule has 0 aromatic heterocycles. The number of ketones is 1. The smallest absolute Gasteiger partial charge is 0.270 e. The van der Waals surface area contributed by atoms with E-state index in [1.54, 1.807) is 0 Å². The number of rotatable bonds is 7. The summed E-state index contributed by atoms with van der Waals surface area (Å²) in [4.78, 5) is 47.8. The molecule has 0 saturated heterocycles. The van der Waals surface area contributed by atoms with Gasteiger partial charge in [0.2, 0.25) is 11.8 Å². The molecular formula is C18H17FN4O5. The number of amides is 2. The first-order valence-electron chi connectivity index (χ1n) is 8.07. The van der Waals surface area contributed by atoms with E-state index in [-0.39, 0.29) is 29.0 Å². The average molecular weight is 388 g/mol. The second-order valence-electron chi connectivity index (χ2n) is 5.70. The van der Waals surface area contributed by atoms with E-state index in [4.69, 9.17) is 5.73 Å². The highest BCUT2D eigenvalue weighted by Gasteiger charge is 2.24. The summed E-state index contributed by atoms with van der Waals surface area (Å²) >= 11 is 0. The minimum absolute atomic E-state index is 0.0332. The fourth-order valence-electron chi connectivity index (χ4n) is 2.40. The lowest BCUT2D eigenvalue weighted by molar-refractivity contribution is -0.384. The average Bonchev–Trinajstić information content (AvgIpc) is 2.70. The van der Waals surface area contributed by atoms with E-state index in [2.05, 4.69) is 5.32 Å². The van der Waals surface area contributed by atoms with Crippen LogP contribution in [0.25, 0.3) is 0 Å². The molecule has 28 heavy (non-hydrogen) atoms. The number of anilines is 1. The van der Waals surface area contributed by atoms with Gasteiger partial charge in [-0.1, -0.05) is 12.1 Å². The van der Waals surface area contributed by atoms with E-state index in [0.717, 1.165) is 23.1 Å². The molecule has 2 aromatic rings. The number of non-ortho nitro benzene ring substituents is 1. The summed E-state index contributed by atoms with van der Waals surface area (Å²) in [5, 5.41) is 13.4. The Morgan fingerprint density at radius 1 is 1.18 bits per heavy atom. The number of likely N-dealkylation sites (N-methyl/N-ethyl adjacent to an activating group) is 1. The van der Waals surface area contributed by atoms with Crippen LogP contribution in [-0.2, 0) is 9.59 Å². The fraction of sp³-hybridized carbons (Fsp3) is 0.167. The summed E-state index contributed by atoms with van der Waals surface area (Å²) in [6, 6.07) is 8.49. The summed E-state index contributed by atoms with van der Waals surface area (Å²) in [5.41, 5.74) is 4.28. The Balaban J connectivity index is 2.45. The van der Waals surface area contributed by atoms with Crippen LogP contribution in [0.1, 0.15) is 15.9 Å². The molecule has 0 saturated carbocycles. The minimum atomic E-state index is -0.817. The van der Waals surface area contributed by atoms with Gasteiger partial charge in [-0.05, 0) is 18.2 Å². The molecule has 2 rings (SSSR count). The number of halogens is 1. The number of carbonyl (C=O) groups excluding carboxylic acids is 3. The second-order valence-corrected chi connectivity index (χ2v) is 5.70. The van der Waals surface area contributed by atoms with Crippen LogP contribution in [0.15, 0.2) is 42.5 Å². The third kappa shape index (κ3) is 4.54. The maximum absolute atomic E-state index is 14.0. The van der Waals surface area contributed by atoms with Crippen LogP contribution in [0.3, 0.4) is 0 Å². The standard InChI is InChI=1S/C18H17FN4O5/c1-22(17(25)10-21-16(24)9-20)15-7-6-11(23(27)28)8-13(15)18(26)12-4-2-3-5-14(12)19/h2-8H,9-10,20H2,1H3,(H,21,24). The lowest BCUT2D eigenvalue weighted by Gasteiger charge is -2.20. The van der Waals surface area contributed by atoms with Gasteiger partial charge in [0, 0.05) is 19.2 Å². The number of hydrogen-bond acceptors (Lipinski definition) is 6. The van der Waals surface area contributed by atoms with E-state index >= 15 is 0 Å². The van der Waals surface area contributed by atoms with E-state index in [1.165, 1.54) is 31.3 Å². The first-order valence-corrected chi connectivity index (χ1v) is 8.07. The number of nitro groups is 1. The number of nitrogens with two attached hydrogens (primary N) is 1. The van der Waals surface area contributed by atoms with Crippen molar-refractivity contribution in [2.75, 3.05) is 25.0 Å². The molecule has 2 aromatic carbocycles. The van der Waals surface area contributed by atoms with E-state index < -0.39 is 34.9 Å². The molecule has 2 amide bonds. The molecule has 0 spiro atoms. The van der Waals surface area contributed by atoms with Crippen molar-refractivity contribution in [2.45, 2.75) is 0 Å². The molecular weight excluding hydrogens is 371 g/mol. The largest absolute Gasteiger partial charge is 0.346 e. The van der Waals surface area contributed by atoms with Crippen LogP contribution >= 0.6 is 0 Å². The van der Waals surface area contributed by atoms with Crippen LogP contribution in [-0.4, -0.2) is 42.7 Å². The van der Waals surface area contributed by atoms with Crippen molar-refractivity contribution in [3.63, 3.8) is 0 Å². The van der Waals surface area contributed by atoms with Gasteiger partial charge >= 0.3 is 0 Å². The van der Waals surface area contributed by atoms with Gasteiger partial charge in [0.1, 0.15) is 5.82 Å². The Hall–Kier alpha value is -3.66. The molecule has 0 aliphatic heterocycles. The molecule has 0 heterocycles. The number of hydrogen-bond donors (Lipinski definition) is 2. The van der Waals surface area contributed by atoms with E-state index in [9.17, 15) is 28.9 Å². The Kier molecular flexibility index (Phi) is 6.51. The van der Waals surface area contributed by atoms with Crippen LogP contribution in [0.2, 0.25) is 0 Å². The van der Waals surface area contributed by atoms with Crippen molar-refractivity contribution >= 4 is 29.0 Å². The first-order chi connectivity index (χ1) is 13.3. The molecule has 9 nitrogen and oxygen atoms in total. The number of benzene rings is 2. The zero-order valence-electron chi connectivity index (χ0n) is 14.8. The summed E-state index contributed by atoms with van der Waals surface area (Å²) in [7, 11) is 1.33. The van der Waals surface area contributed by atoms with Crippen LogP contribution < -0.4 is 16.0 Å². The normalized spacial score (nSPS) is 10.2. The number of carbonyl (C=O) groups is 3. The Morgan fingerprint density at radius 3 is 2.46 bits per heavy atom. The predicted octanol–water partition coefficient (Wildman–Crippen LogP) is 1.00. The van der Waals surface area contributed by atoms with Gasteiger partial charge in [0.05, 0.1) is 34.8 Å². The maximum Gasteiger partial charge on any atom is 0.270 e. The van der Waals surface area contributed by atoms with Crippen LogP contribution in [0.5, 0.6) is 0 Å². The van der Waals surface area contributed by atoms with Crippen LogP contribution in [0, 0.1) is 15.9 Å². The summed E-state index contributed by atoms with van der Waals surface area (Å²) in [5.74, 6) is -2.76. The zero-order chi connectivity index (χ0) is 20.8. The van der Waals surface area contributed by atoms with Gasteiger partial charge in [0.15, 0.2) is 5.78 Å². The molecule has 0 unspecified atom stereocenters. The van der Waals surface area contributed by atoms with Crippen molar-refractivity contribution in [3.05, 3.63) is 69.5 Å². The molecule has 0 aliphatic carbocycles. The monoisotopic (exact) mass is 388 g/mol. The number of nitrogens with zero attached hydrogens (tertiary/aromatic N) is 2. The van der Waals surface area contributed by atoms with E-state index in [0.29, 0.717) is 0 Å². The SMILES string of the molecule is CN(C(=O)CNC(=O)CN)c1ccc([N+](=O)[O-])cc1C(=O)c1ccccc1F. The second kappa shape index (κ2) is 8.82. The lowest BCUT2D eigenvalue weighted by atomic mass is 10.00. The van der Waals surface area contributed by atoms with Gasteiger partial charge in [-0.25, -0.2) is 4.39 Å². The highest BCUT2D eigenvalue weighted by Crippen LogP contribution is 2.28. The van der Waals surface area contributed by atoms with Crippen molar-refractivity contribution < 1.29 is 23.7 Å². The summed E-state index contributed by atoms with van der Waals surface area (Å²) in [6.07, 6.45) is 0. The molecule has 0 atom stereocenters. The molecule has 0 radical (unpaired) electrons. The molecule has 3 N–H and O–H groups in total. The summed E-state index contributed by atoms with van der Waals surface area (Å²) in [6.45, 7) is -0.692. The maximum atomic E-state index is 14.0. The van der Waals surface area contributed by atoms with Crippen molar-refractivity contribution in [2.24, 2.45) is 5.73 Å². The third-order valence-electron chi connectivity index (χ3n) is 3.91. The van der Waals surface area contributed by atoms with Crippen LogP contribution in [0.4, 0.5) is 15.8 Å². The zero-order valence-corrected chi connectivity index (χ0v) is 14.8. The lowest BCUT2D eigenvalue weighted by Crippen LogP contribution is -2.40. The Morgan fingerprint density at radius 2 is 1.86 bits per heavy atom. The molecule has 146 valence electrons. The van der Waals surface area contributed by atoms with Gasteiger partial charge in [-0.15, -0.1) is 0 Å². The highest BCUT2D eigenvalue weighted by molar-refractivity contribution is 6.14. The fourth-order valence-corrected chi connectivity index (χ4v) is 2.40. The quantitative estimate of drug-likeness (QED) is 0.413. The van der Waals surface area contributed by atoms with Crippen molar-refractivity contribution in [3.8, 4) is 0 Å². The predicted molar refractivity (Wildman–Crippen MR) is 98.4 cm³/mol. The molecule has 0 bridgehead atoms. The van der Waals surface area contributed by atoms with E-state index in [1.807, 2.05) is 0 Å². The Labute approximate surface area is 159 Å².